The molecular formula is C16H15BrN2O3. The standard InChI is InChI=1S/C16H15BrN2O3/c1-10-3-2-4-11(7-10)16(22)18-9-15(21)19-13-6-5-12(17)8-14(13)20/h2-8,20H,9H2,1H3,(H,18,22)(H,19,21). The summed E-state index contributed by atoms with van der Waals surface area (Å²) >= 11 is 3.21. The third kappa shape index (κ3) is 4.33. The molecule has 2 rings (SSSR count). The molecule has 0 aliphatic rings. The third-order valence-corrected chi connectivity index (χ3v) is 3.42. The van der Waals surface area contributed by atoms with E-state index >= 15 is 0 Å². The van der Waals surface area contributed by atoms with Crippen molar-refractivity contribution in [2.45, 2.75) is 6.92 Å². The number of hydrogen-bond donors (Lipinski definition) is 3. The van der Waals surface area contributed by atoms with E-state index in [0.717, 1.165) is 5.56 Å². The molecule has 3 N–H and O–H groups in total. The van der Waals surface area contributed by atoms with Crippen LogP contribution in [-0.4, -0.2) is 23.5 Å². The summed E-state index contributed by atoms with van der Waals surface area (Å²) in [6.07, 6.45) is 0. The van der Waals surface area contributed by atoms with Crippen molar-refractivity contribution < 1.29 is 14.7 Å². The number of rotatable bonds is 4. The molecule has 0 atom stereocenters. The lowest BCUT2D eigenvalue weighted by atomic mass is 10.1. The van der Waals surface area contributed by atoms with Crippen LogP contribution in [0.15, 0.2) is 46.9 Å². The van der Waals surface area contributed by atoms with Crippen LogP contribution < -0.4 is 10.6 Å². The number of phenols is 1. The van der Waals surface area contributed by atoms with Gasteiger partial charge in [0.05, 0.1) is 12.2 Å². The summed E-state index contributed by atoms with van der Waals surface area (Å²) in [5.41, 5.74) is 1.76. The Bertz CT molecular complexity index is 716. The van der Waals surface area contributed by atoms with Crippen LogP contribution >= 0.6 is 15.9 Å². The average Bonchev–Trinajstić information content (AvgIpc) is 2.47. The van der Waals surface area contributed by atoms with E-state index in [2.05, 4.69) is 26.6 Å². The minimum atomic E-state index is -0.418. The Balaban J connectivity index is 1.91. The van der Waals surface area contributed by atoms with Crippen molar-refractivity contribution in [3.8, 4) is 5.75 Å². The Morgan fingerprint density at radius 2 is 1.95 bits per heavy atom. The van der Waals surface area contributed by atoms with Crippen molar-refractivity contribution in [1.82, 2.24) is 5.32 Å². The molecule has 2 amide bonds. The molecule has 0 heterocycles. The Kier molecular flexibility index (Phi) is 5.16. The Morgan fingerprint density at radius 1 is 1.18 bits per heavy atom. The number of aromatic hydroxyl groups is 1. The zero-order valence-electron chi connectivity index (χ0n) is 11.9. The zero-order chi connectivity index (χ0) is 16.1. The largest absolute Gasteiger partial charge is 0.506 e. The molecule has 22 heavy (non-hydrogen) atoms. The summed E-state index contributed by atoms with van der Waals surface area (Å²) in [6, 6.07) is 11.8. The predicted octanol–water partition coefficient (Wildman–Crippen LogP) is 2.83. The van der Waals surface area contributed by atoms with Gasteiger partial charge in [0.2, 0.25) is 5.91 Å². The Labute approximate surface area is 136 Å². The maximum Gasteiger partial charge on any atom is 0.251 e. The van der Waals surface area contributed by atoms with Gasteiger partial charge in [-0.25, -0.2) is 0 Å². The quantitative estimate of drug-likeness (QED) is 0.731. The number of halogens is 1. The fourth-order valence-electron chi connectivity index (χ4n) is 1.85. The topological polar surface area (TPSA) is 78.4 Å². The number of phenolic OH excluding ortho intramolecular Hbond substituents is 1. The van der Waals surface area contributed by atoms with E-state index < -0.39 is 5.91 Å². The summed E-state index contributed by atoms with van der Waals surface area (Å²) in [7, 11) is 0. The van der Waals surface area contributed by atoms with Crippen LogP contribution in [0.1, 0.15) is 15.9 Å². The highest BCUT2D eigenvalue weighted by molar-refractivity contribution is 9.10. The third-order valence-electron chi connectivity index (χ3n) is 2.92. The number of nitrogens with one attached hydrogen (secondary N) is 2. The first kappa shape index (κ1) is 16.0. The fourth-order valence-corrected chi connectivity index (χ4v) is 2.20. The lowest BCUT2D eigenvalue weighted by Gasteiger charge is -2.09. The number of carbonyl (C=O) groups is 2. The van der Waals surface area contributed by atoms with Crippen LogP contribution in [0.5, 0.6) is 5.75 Å². The fraction of sp³-hybridized carbons (Fsp3) is 0.125. The summed E-state index contributed by atoms with van der Waals surface area (Å²) in [4.78, 5) is 23.7. The number of aryl methyl sites for hydroxylation is 1. The summed E-state index contributed by atoms with van der Waals surface area (Å²) in [6.45, 7) is 1.71. The molecular weight excluding hydrogens is 348 g/mol. The molecule has 0 saturated carbocycles. The smallest absolute Gasteiger partial charge is 0.251 e. The predicted molar refractivity (Wildman–Crippen MR) is 87.9 cm³/mol. The molecule has 2 aromatic rings. The van der Waals surface area contributed by atoms with Gasteiger partial charge in [0.15, 0.2) is 0 Å². The van der Waals surface area contributed by atoms with E-state index in [1.165, 1.54) is 6.07 Å². The maximum absolute atomic E-state index is 11.9. The molecule has 0 aliphatic carbocycles. The first-order valence-electron chi connectivity index (χ1n) is 6.59. The molecule has 0 fully saturated rings. The van der Waals surface area contributed by atoms with Crippen molar-refractivity contribution in [2.75, 3.05) is 11.9 Å². The Hall–Kier alpha value is -2.34. The second kappa shape index (κ2) is 7.09. The van der Waals surface area contributed by atoms with Gasteiger partial charge < -0.3 is 15.7 Å². The SMILES string of the molecule is Cc1cccc(C(=O)NCC(=O)Nc2ccc(Br)cc2O)c1. The van der Waals surface area contributed by atoms with E-state index in [1.807, 2.05) is 13.0 Å². The van der Waals surface area contributed by atoms with E-state index in [4.69, 9.17) is 0 Å². The molecule has 0 unspecified atom stereocenters. The molecule has 0 spiro atoms. The van der Waals surface area contributed by atoms with Gasteiger partial charge in [-0.1, -0.05) is 33.6 Å². The van der Waals surface area contributed by atoms with E-state index in [-0.39, 0.29) is 23.9 Å². The van der Waals surface area contributed by atoms with Gasteiger partial charge in [-0.15, -0.1) is 0 Å². The molecule has 6 heteroatoms. The Morgan fingerprint density at radius 3 is 2.64 bits per heavy atom. The van der Waals surface area contributed by atoms with Crippen molar-refractivity contribution >= 4 is 33.4 Å². The van der Waals surface area contributed by atoms with Crippen molar-refractivity contribution in [3.05, 3.63) is 58.1 Å². The van der Waals surface area contributed by atoms with Gasteiger partial charge in [-0.3, -0.25) is 9.59 Å². The van der Waals surface area contributed by atoms with E-state index in [9.17, 15) is 14.7 Å². The highest BCUT2D eigenvalue weighted by Gasteiger charge is 2.10. The van der Waals surface area contributed by atoms with E-state index in [1.54, 1.807) is 30.3 Å². The van der Waals surface area contributed by atoms with Crippen molar-refractivity contribution in [2.24, 2.45) is 0 Å². The van der Waals surface area contributed by atoms with E-state index in [0.29, 0.717) is 10.0 Å². The second-order valence-electron chi connectivity index (χ2n) is 4.76. The van der Waals surface area contributed by atoms with Gasteiger partial charge in [-0.05, 0) is 37.3 Å². The minimum absolute atomic E-state index is 0.0484. The molecule has 2 aromatic carbocycles. The highest BCUT2D eigenvalue weighted by atomic mass is 79.9. The lowest BCUT2D eigenvalue weighted by Crippen LogP contribution is -2.32. The van der Waals surface area contributed by atoms with Crippen molar-refractivity contribution in [1.29, 1.82) is 0 Å². The minimum Gasteiger partial charge on any atom is -0.506 e. The highest BCUT2D eigenvalue weighted by Crippen LogP contribution is 2.26. The average molecular weight is 363 g/mol. The van der Waals surface area contributed by atoms with Crippen LogP contribution in [0.25, 0.3) is 0 Å². The van der Waals surface area contributed by atoms with Gasteiger partial charge in [0.25, 0.3) is 5.91 Å². The number of hydrogen-bond acceptors (Lipinski definition) is 3. The van der Waals surface area contributed by atoms with Gasteiger partial charge in [0.1, 0.15) is 5.75 Å². The number of amides is 2. The molecule has 5 nitrogen and oxygen atoms in total. The second-order valence-corrected chi connectivity index (χ2v) is 5.68. The molecule has 0 saturated heterocycles. The molecule has 0 aromatic heterocycles. The first-order valence-corrected chi connectivity index (χ1v) is 7.38. The number of anilines is 1. The first-order chi connectivity index (χ1) is 10.5. The lowest BCUT2D eigenvalue weighted by molar-refractivity contribution is -0.115. The van der Waals surface area contributed by atoms with Gasteiger partial charge >= 0.3 is 0 Å². The van der Waals surface area contributed by atoms with Crippen LogP contribution in [-0.2, 0) is 4.79 Å². The molecule has 0 aliphatic heterocycles. The molecule has 0 radical (unpaired) electrons. The zero-order valence-corrected chi connectivity index (χ0v) is 13.5. The summed E-state index contributed by atoms with van der Waals surface area (Å²) in [5, 5.41) is 14.8. The molecule has 114 valence electrons. The normalized spacial score (nSPS) is 10.1. The van der Waals surface area contributed by atoms with Crippen LogP contribution in [0.3, 0.4) is 0 Å². The summed E-state index contributed by atoms with van der Waals surface area (Å²) < 4.78 is 0.704. The van der Waals surface area contributed by atoms with Gasteiger partial charge in [0, 0.05) is 10.0 Å². The number of benzene rings is 2. The monoisotopic (exact) mass is 362 g/mol. The summed E-state index contributed by atoms with van der Waals surface area (Å²) in [5.74, 6) is -0.787. The van der Waals surface area contributed by atoms with Crippen LogP contribution in [0.4, 0.5) is 5.69 Å². The maximum atomic E-state index is 11.9. The van der Waals surface area contributed by atoms with Gasteiger partial charge in [-0.2, -0.15) is 0 Å². The van der Waals surface area contributed by atoms with Crippen LogP contribution in [0.2, 0.25) is 0 Å². The number of carbonyl (C=O) groups excluding carboxylic acids is 2. The van der Waals surface area contributed by atoms with Crippen LogP contribution in [0, 0.1) is 6.92 Å². The van der Waals surface area contributed by atoms with Crippen molar-refractivity contribution in [3.63, 3.8) is 0 Å². The molecule has 0 bridgehead atoms.